The predicted molar refractivity (Wildman–Crippen MR) is 109 cm³/mol. The molecule has 0 unspecified atom stereocenters. The van der Waals surface area contributed by atoms with Gasteiger partial charge in [-0.15, -0.1) is 0 Å². The summed E-state index contributed by atoms with van der Waals surface area (Å²) in [4.78, 5) is 29.7. The normalized spacial score (nSPS) is 11.1. The maximum absolute atomic E-state index is 12.9. The van der Waals surface area contributed by atoms with Crippen LogP contribution in [0.5, 0.6) is 0 Å². The molecule has 0 aliphatic carbocycles. The van der Waals surface area contributed by atoms with E-state index in [1.54, 1.807) is 33.5 Å². The molecule has 9 heteroatoms. The van der Waals surface area contributed by atoms with Gasteiger partial charge < -0.3 is 5.32 Å². The van der Waals surface area contributed by atoms with E-state index in [1.807, 2.05) is 20.8 Å². The van der Waals surface area contributed by atoms with Crippen LogP contribution in [0.2, 0.25) is 5.02 Å². The summed E-state index contributed by atoms with van der Waals surface area (Å²) in [5.74, 6) is -0.0399. The van der Waals surface area contributed by atoms with Crippen LogP contribution in [0, 0.1) is 6.92 Å². The van der Waals surface area contributed by atoms with E-state index in [4.69, 9.17) is 11.6 Å². The minimum absolute atomic E-state index is 0.134. The smallest absolute Gasteiger partial charge is 0.280 e. The summed E-state index contributed by atoms with van der Waals surface area (Å²) in [6, 6.07) is 6.89. The number of hydrogen-bond acceptors (Lipinski definition) is 5. The number of nitrogens with zero attached hydrogens (tertiary/aromatic N) is 4. The molecule has 1 N–H and O–H groups in total. The van der Waals surface area contributed by atoms with Crippen molar-refractivity contribution < 1.29 is 4.79 Å². The number of carbonyl (C=O) groups excluding carboxylic acids is 1. The fourth-order valence-electron chi connectivity index (χ4n) is 2.77. The number of aromatic nitrogens is 4. The number of fused-ring (bicyclic) bond motifs is 1. The van der Waals surface area contributed by atoms with Gasteiger partial charge >= 0.3 is 0 Å². The van der Waals surface area contributed by atoms with Gasteiger partial charge in [0, 0.05) is 23.8 Å². The van der Waals surface area contributed by atoms with Crippen molar-refractivity contribution in [2.24, 2.45) is 0 Å². The van der Waals surface area contributed by atoms with Gasteiger partial charge in [0.25, 0.3) is 5.56 Å². The Morgan fingerprint density at radius 2 is 1.93 bits per heavy atom. The van der Waals surface area contributed by atoms with Crippen LogP contribution in [0.1, 0.15) is 19.5 Å². The molecule has 0 aliphatic heterocycles. The van der Waals surface area contributed by atoms with Gasteiger partial charge in [0.1, 0.15) is 5.52 Å². The van der Waals surface area contributed by atoms with Crippen molar-refractivity contribution in [2.45, 2.75) is 39.0 Å². The van der Waals surface area contributed by atoms with E-state index in [9.17, 15) is 9.59 Å². The Bertz CT molecular complexity index is 1040. The number of thioether (sulfide) groups is 1. The maximum Gasteiger partial charge on any atom is 0.280 e. The van der Waals surface area contributed by atoms with Crippen molar-refractivity contribution in [3.63, 3.8) is 0 Å². The van der Waals surface area contributed by atoms with Crippen LogP contribution in [-0.2, 0) is 17.9 Å². The van der Waals surface area contributed by atoms with Crippen LogP contribution >= 0.6 is 23.4 Å². The molecule has 142 valence electrons. The van der Waals surface area contributed by atoms with E-state index in [0.717, 1.165) is 0 Å². The SMILES string of the molecule is CCn1c(SCC(=O)Nc2ccc(Cl)cc2)nc2c(C)nn(CC)c2c1=O. The summed E-state index contributed by atoms with van der Waals surface area (Å²) in [7, 11) is 0. The molecular weight excluding hydrogens is 386 g/mol. The molecule has 0 spiro atoms. The molecule has 0 atom stereocenters. The highest BCUT2D eigenvalue weighted by atomic mass is 35.5. The molecule has 2 heterocycles. The van der Waals surface area contributed by atoms with Crippen LogP contribution < -0.4 is 10.9 Å². The molecular formula is C18H20ClN5O2S. The number of hydrogen-bond donors (Lipinski definition) is 1. The Balaban J connectivity index is 1.84. The molecule has 0 saturated heterocycles. The zero-order chi connectivity index (χ0) is 19.6. The summed E-state index contributed by atoms with van der Waals surface area (Å²) < 4.78 is 3.25. The Kier molecular flexibility index (Phi) is 5.86. The van der Waals surface area contributed by atoms with Crippen LogP contribution in [0.15, 0.2) is 34.2 Å². The zero-order valence-corrected chi connectivity index (χ0v) is 16.9. The second-order valence-corrected chi connectivity index (χ2v) is 7.26. The van der Waals surface area contributed by atoms with Crippen molar-refractivity contribution in [2.75, 3.05) is 11.1 Å². The fourth-order valence-corrected chi connectivity index (χ4v) is 3.75. The molecule has 3 rings (SSSR count). The highest BCUT2D eigenvalue weighted by Crippen LogP contribution is 2.20. The first-order valence-electron chi connectivity index (χ1n) is 8.60. The lowest BCUT2D eigenvalue weighted by Gasteiger charge is -2.10. The van der Waals surface area contributed by atoms with E-state index in [-0.39, 0.29) is 17.2 Å². The quantitative estimate of drug-likeness (QED) is 0.502. The second-order valence-electron chi connectivity index (χ2n) is 5.89. The number of carbonyl (C=O) groups is 1. The molecule has 0 saturated carbocycles. The third-order valence-corrected chi connectivity index (χ3v) is 5.29. The van der Waals surface area contributed by atoms with Gasteiger partial charge in [-0.25, -0.2) is 4.98 Å². The predicted octanol–water partition coefficient (Wildman–Crippen LogP) is 3.33. The first kappa shape index (κ1) is 19.4. The van der Waals surface area contributed by atoms with Crippen LogP contribution in [0.4, 0.5) is 5.69 Å². The van der Waals surface area contributed by atoms with Gasteiger partial charge in [-0.05, 0) is 45.0 Å². The molecule has 2 aromatic heterocycles. The van der Waals surface area contributed by atoms with Gasteiger partial charge in [0.2, 0.25) is 5.91 Å². The van der Waals surface area contributed by atoms with Crippen molar-refractivity contribution in [3.05, 3.63) is 45.3 Å². The molecule has 0 radical (unpaired) electrons. The van der Waals surface area contributed by atoms with E-state index in [0.29, 0.717) is 45.7 Å². The topological polar surface area (TPSA) is 81.8 Å². The van der Waals surface area contributed by atoms with E-state index in [2.05, 4.69) is 15.4 Å². The zero-order valence-electron chi connectivity index (χ0n) is 15.3. The van der Waals surface area contributed by atoms with Gasteiger partial charge in [0.15, 0.2) is 10.7 Å². The molecule has 0 bridgehead atoms. The minimum Gasteiger partial charge on any atom is -0.325 e. The maximum atomic E-state index is 12.9. The fraction of sp³-hybridized carbons (Fsp3) is 0.333. The monoisotopic (exact) mass is 405 g/mol. The van der Waals surface area contributed by atoms with E-state index >= 15 is 0 Å². The second kappa shape index (κ2) is 8.14. The highest BCUT2D eigenvalue weighted by Gasteiger charge is 2.18. The number of benzene rings is 1. The van der Waals surface area contributed by atoms with Crippen molar-refractivity contribution in [3.8, 4) is 0 Å². The highest BCUT2D eigenvalue weighted by molar-refractivity contribution is 7.99. The Labute approximate surface area is 165 Å². The first-order chi connectivity index (χ1) is 12.9. The molecule has 7 nitrogen and oxygen atoms in total. The molecule has 27 heavy (non-hydrogen) atoms. The first-order valence-corrected chi connectivity index (χ1v) is 9.97. The Hall–Kier alpha value is -2.32. The summed E-state index contributed by atoms with van der Waals surface area (Å²) in [5, 5.41) is 8.31. The van der Waals surface area contributed by atoms with Gasteiger partial charge in [0.05, 0.1) is 11.4 Å². The third-order valence-electron chi connectivity index (χ3n) is 4.06. The number of nitrogens with one attached hydrogen (secondary N) is 1. The summed E-state index contributed by atoms with van der Waals surface area (Å²) in [6.07, 6.45) is 0. The number of amides is 1. The van der Waals surface area contributed by atoms with Crippen LogP contribution in [-0.4, -0.2) is 31.0 Å². The minimum atomic E-state index is -0.180. The Morgan fingerprint density at radius 1 is 1.22 bits per heavy atom. The van der Waals surface area contributed by atoms with Gasteiger partial charge in [-0.1, -0.05) is 23.4 Å². The molecule has 0 aliphatic rings. The van der Waals surface area contributed by atoms with Gasteiger partial charge in [-0.2, -0.15) is 5.10 Å². The van der Waals surface area contributed by atoms with Crippen molar-refractivity contribution >= 4 is 46.0 Å². The molecule has 0 fully saturated rings. The Morgan fingerprint density at radius 3 is 2.56 bits per heavy atom. The average Bonchev–Trinajstić information content (AvgIpc) is 2.98. The van der Waals surface area contributed by atoms with Crippen LogP contribution in [0.25, 0.3) is 11.0 Å². The number of aryl methyl sites for hydroxylation is 2. The van der Waals surface area contributed by atoms with Crippen molar-refractivity contribution in [1.82, 2.24) is 19.3 Å². The van der Waals surface area contributed by atoms with Gasteiger partial charge in [-0.3, -0.25) is 18.8 Å². The van der Waals surface area contributed by atoms with E-state index in [1.165, 1.54) is 11.8 Å². The summed E-state index contributed by atoms with van der Waals surface area (Å²) in [6.45, 7) is 6.72. The third kappa shape index (κ3) is 4.01. The number of anilines is 1. The number of halogens is 1. The number of rotatable bonds is 6. The lowest BCUT2D eigenvalue weighted by molar-refractivity contribution is -0.113. The van der Waals surface area contributed by atoms with Crippen molar-refractivity contribution in [1.29, 1.82) is 0 Å². The molecule has 3 aromatic rings. The summed E-state index contributed by atoms with van der Waals surface area (Å²) >= 11 is 7.08. The largest absolute Gasteiger partial charge is 0.325 e. The molecule has 1 aromatic carbocycles. The summed E-state index contributed by atoms with van der Waals surface area (Å²) in [5.41, 5.74) is 2.34. The molecule has 1 amide bonds. The van der Waals surface area contributed by atoms with E-state index < -0.39 is 0 Å². The lowest BCUT2D eigenvalue weighted by atomic mass is 10.3. The lowest BCUT2D eigenvalue weighted by Crippen LogP contribution is -2.25. The standard InChI is InChI=1S/C18H20ClN5O2S/c1-4-23-17(26)16-15(11(3)22-24(16)5-2)21-18(23)27-10-14(25)20-13-8-6-12(19)7-9-13/h6-9H,4-5,10H2,1-3H3,(H,20,25). The average molecular weight is 406 g/mol. The van der Waals surface area contributed by atoms with Crippen LogP contribution in [0.3, 0.4) is 0 Å².